The number of aryl methyl sites for hydroxylation is 1. The summed E-state index contributed by atoms with van der Waals surface area (Å²) in [6, 6.07) is 14.8. The van der Waals surface area contributed by atoms with Crippen LogP contribution in [0.5, 0.6) is 0 Å². The lowest BCUT2D eigenvalue weighted by Gasteiger charge is -2.23. The lowest BCUT2D eigenvalue weighted by Crippen LogP contribution is -2.36. The number of para-hydroxylation sites is 1. The maximum atomic E-state index is 14.1. The summed E-state index contributed by atoms with van der Waals surface area (Å²) in [6.07, 6.45) is 0.168. The smallest absolute Gasteiger partial charge is 0.231 e. The van der Waals surface area contributed by atoms with Crippen LogP contribution in [0, 0.1) is 12.7 Å². The maximum Gasteiger partial charge on any atom is 0.231 e. The van der Waals surface area contributed by atoms with Gasteiger partial charge in [0.25, 0.3) is 0 Å². The number of fused-ring (bicyclic) bond motifs is 1. The van der Waals surface area contributed by atoms with E-state index in [4.69, 9.17) is 4.52 Å². The van der Waals surface area contributed by atoms with Gasteiger partial charge in [0.2, 0.25) is 5.91 Å². The molecule has 0 radical (unpaired) electrons. The Morgan fingerprint density at radius 3 is 2.58 bits per heavy atom. The maximum absolute atomic E-state index is 14.1. The second-order valence-corrected chi connectivity index (χ2v) is 14.7. The molecule has 0 aliphatic carbocycles. The molecule has 7 heteroatoms. The molecule has 0 N–H and O–H groups in total. The first kappa shape index (κ1) is 21.7. The third-order valence-electron chi connectivity index (χ3n) is 5.46. The zero-order valence-electron chi connectivity index (χ0n) is 18.0. The second-order valence-electron chi connectivity index (χ2n) is 8.88. The molecule has 0 fully saturated rings. The van der Waals surface area contributed by atoms with E-state index in [2.05, 4.69) is 40.7 Å². The van der Waals surface area contributed by atoms with E-state index < -0.39 is 8.07 Å². The van der Waals surface area contributed by atoms with Crippen LogP contribution in [0.3, 0.4) is 0 Å². The molecule has 0 atom stereocenters. The van der Waals surface area contributed by atoms with E-state index in [-0.39, 0.29) is 18.1 Å². The summed E-state index contributed by atoms with van der Waals surface area (Å²) >= 11 is 3.73. The van der Waals surface area contributed by atoms with Gasteiger partial charge in [0.1, 0.15) is 25.0 Å². The van der Waals surface area contributed by atoms with Crippen molar-refractivity contribution in [2.24, 2.45) is 0 Å². The zero-order valence-corrected chi connectivity index (χ0v) is 20.6. The SMILES string of the molecule is Cc1ccc(CN2C(=O)CC(c3cc([Si](C)(C)C)on3)=C(Br)c3ccccc32)cc1F. The minimum absolute atomic E-state index is 0.0737. The topological polar surface area (TPSA) is 46.3 Å². The zero-order chi connectivity index (χ0) is 22.3. The van der Waals surface area contributed by atoms with Gasteiger partial charge in [-0.1, -0.05) is 55.1 Å². The number of nitrogens with zero attached hydrogens (tertiary/aromatic N) is 2. The van der Waals surface area contributed by atoms with Gasteiger partial charge in [-0.3, -0.25) is 4.79 Å². The van der Waals surface area contributed by atoms with Crippen LogP contribution in [0.1, 0.15) is 28.8 Å². The molecule has 0 saturated carbocycles. The molecular formula is C24H24BrFN2O2Si. The van der Waals surface area contributed by atoms with Crippen molar-refractivity contribution in [2.45, 2.75) is 39.5 Å². The normalized spacial score (nSPS) is 14.6. The van der Waals surface area contributed by atoms with Gasteiger partial charge in [-0.25, -0.2) is 4.39 Å². The summed E-state index contributed by atoms with van der Waals surface area (Å²) < 4.78 is 20.6. The molecule has 0 saturated heterocycles. The van der Waals surface area contributed by atoms with E-state index >= 15 is 0 Å². The fourth-order valence-electron chi connectivity index (χ4n) is 3.58. The van der Waals surface area contributed by atoms with Crippen molar-refractivity contribution in [1.29, 1.82) is 0 Å². The van der Waals surface area contributed by atoms with Crippen molar-refractivity contribution in [3.8, 4) is 0 Å². The summed E-state index contributed by atoms with van der Waals surface area (Å²) in [5.41, 5.74) is 4.48. The highest BCUT2D eigenvalue weighted by Crippen LogP contribution is 2.41. The van der Waals surface area contributed by atoms with E-state index in [1.165, 1.54) is 6.07 Å². The minimum atomic E-state index is -1.67. The van der Waals surface area contributed by atoms with E-state index in [0.717, 1.165) is 32.3 Å². The molecule has 0 unspecified atom stereocenters. The van der Waals surface area contributed by atoms with Crippen molar-refractivity contribution >= 4 is 51.0 Å². The molecule has 3 aromatic rings. The number of hydrogen-bond acceptors (Lipinski definition) is 3. The molecule has 0 spiro atoms. The van der Waals surface area contributed by atoms with Crippen molar-refractivity contribution in [2.75, 3.05) is 4.90 Å². The van der Waals surface area contributed by atoms with Crippen molar-refractivity contribution < 1.29 is 13.7 Å². The van der Waals surface area contributed by atoms with Crippen molar-refractivity contribution in [1.82, 2.24) is 5.16 Å². The van der Waals surface area contributed by atoms with Crippen LogP contribution in [0.2, 0.25) is 19.6 Å². The van der Waals surface area contributed by atoms with Gasteiger partial charge < -0.3 is 9.42 Å². The first-order chi connectivity index (χ1) is 14.6. The molecule has 31 heavy (non-hydrogen) atoms. The van der Waals surface area contributed by atoms with E-state index in [9.17, 15) is 9.18 Å². The number of carbonyl (C=O) groups is 1. The molecular weight excluding hydrogens is 475 g/mol. The third-order valence-corrected chi connectivity index (χ3v) is 8.08. The van der Waals surface area contributed by atoms with Gasteiger partial charge in [-0.15, -0.1) is 0 Å². The number of benzene rings is 2. The number of aromatic nitrogens is 1. The Kier molecular flexibility index (Phi) is 5.74. The summed E-state index contributed by atoms with van der Waals surface area (Å²) in [4.78, 5) is 15.1. The van der Waals surface area contributed by atoms with Crippen LogP contribution >= 0.6 is 15.9 Å². The largest absolute Gasteiger partial charge is 0.366 e. The predicted molar refractivity (Wildman–Crippen MR) is 129 cm³/mol. The Balaban J connectivity index is 1.77. The third kappa shape index (κ3) is 4.29. The van der Waals surface area contributed by atoms with Gasteiger partial charge in [0, 0.05) is 21.7 Å². The molecule has 2 aromatic carbocycles. The first-order valence-corrected chi connectivity index (χ1v) is 14.5. The van der Waals surface area contributed by atoms with E-state index in [1.54, 1.807) is 17.9 Å². The summed E-state index contributed by atoms with van der Waals surface area (Å²) in [6.45, 7) is 8.59. The van der Waals surface area contributed by atoms with Gasteiger partial charge in [0.15, 0.2) is 0 Å². The average molecular weight is 499 g/mol. The Hall–Kier alpha value is -2.51. The van der Waals surface area contributed by atoms with Gasteiger partial charge in [-0.2, -0.15) is 0 Å². The van der Waals surface area contributed by atoms with Gasteiger partial charge in [0.05, 0.1) is 18.7 Å². The average Bonchev–Trinajstić information content (AvgIpc) is 3.19. The van der Waals surface area contributed by atoms with Gasteiger partial charge >= 0.3 is 0 Å². The molecule has 1 aliphatic rings. The monoisotopic (exact) mass is 498 g/mol. The minimum Gasteiger partial charge on any atom is -0.366 e. The highest BCUT2D eigenvalue weighted by molar-refractivity contribution is 9.15. The fraction of sp³-hybridized carbons (Fsp3) is 0.250. The van der Waals surface area contributed by atoms with Crippen molar-refractivity contribution in [3.05, 3.63) is 76.7 Å². The van der Waals surface area contributed by atoms with Crippen LogP contribution in [0.15, 0.2) is 53.1 Å². The lowest BCUT2D eigenvalue weighted by atomic mass is 10.1. The second kappa shape index (κ2) is 8.20. The molecule has 4 rings (SSSR count). The molecule has 2 heterocycles. The van der Waals surface area contributed by atoms with Crippen LogP contribution in [0.4, 0.5) is 10.1 Å². The molecule has 1 amide bonds. The number of hydrogen-bond donors (Lipinski definition) is 0. The van der Waals surface area contributed by atoms with Crippen LogP contribution in [0.25, 0.3) is 10.1 Å². The molecule has 4 nitrogen and oxygen atoms in total. The number of carbonyl (C=O) groups excluding carboxylic acids is 1. The number of anilines is 1. The number of amides is 1. The van der Waals surface area contributed by atoms with Crippen LogP contribution in [-0.4, -0.2) is 19.1 Å². The van der Waals surface area contributed by atoms with Crippen LogP contribution < -0.4 is 10.3 Å². The number of rotatable bonds is 4. The fourth-order valence-corrected chi connectivity index (χ4v) is 5.15. The van der Waals surface area contributed by atoms with Gasteiger partial charge in [-0.05, 0) is 46.1 Å². The lowest BCUT2D eigenvalue weighted by molar-refractivity contribution is -0.117. The summed E-state index contributed by atoms with van der Waals surface area (Å²) in [5.74, 6) is -0.343. The Labute approximate surface area is 190 Å². The predicted octanol–water partition coefficient (Wildman–Crippen LogP) is 5.87. The summed E-state index contributed by atoms with van der Waals surface area (Å²) in [5, 5.41) is 5.18. The standard InChI is InChI=1S/C24H24BrFN2O2Si/c1-15-9-10-16(11-19(15)26)14-28-21-8-6-5-7-17(21)24(25)18(12-22(28)29)20-13-23(30-27-20)31(2,3)4/h5-11,13H,12,14H2,1-4H3. The van der Waals surface area contributed by atoms with E-state index in [0.29, 0.717) is 17.8 Å². The Bertz CT molecular complexity index is 1200. The quantitative estimate of drug-likeness (QED) is 0.422. The molecule has 0 bridgehead atoms. The highest BCUT2D eigenvalue weighted by Gasteiger charge is 2.30. The molecule has 1 aromatic heterocycles. The Morgan fingerprint density at radius 1 is 1.16 bits per heavy atom. The summed E-state index contributed by atoms with van der Waals surface area (Å²) in [7, 11) is -1.67. The molecule has 160 valence electrons. The van der Waals surface area contributed by atoms with E-state index in [1.807, 2.05) is 36.4 Å². The highest BCUT2D eigenvalue weighted by atomic mass is 79.9. The number of halogens is 2. The van der Waals surface area contributed by atoms with Crippen LogP contribution in [-0.2, 0) is 11.3 Å². The van der Waals surface area contributed by atoms with Crippen molar-refractivity contribution in [3.63, 3.8) is 0 Å². The first-order valence-electron chi connectivity index (χ1n) is 10.2. The Morgan fingerprint density at radius 2 is 1.90 bits per heavy atom. The molecule has 1 aliphatic heterocycles.